The molecule has 1 unspecified atom stereocenters. The van der Waals surface area contributed by atoms with Gasteiger partial charge in [0.05, 0.1) is 16.5 Å². The first-order valence-corrected chi connectivity index (χ1v) is 13.5. The van der Waals surface area contributed by atoms with Crippen molar-refractivity contribution in [2.45, 2.75) is 57.2 Å². The summed E-state index contributed by atoms with van der Waals surface area (Å²) < 4.78 is 14.6. The minimum Gasteiger partial charge on any atom is -0.352 e. The molecule has 0 aromatic heterocycles. The highest BCUT2D eigenvalue weighted by Gasteiger charge is 2.33. The SMILES string of the molecule is O=C(NC1CCCC1)C(Cc1ccccc1)N(Cc1ccc(Cl)c(Cl)c1)C(=O)Cc1c(F)cccc1Cl. The van der Waals surface area contributed by atoms with Crippen LogP contribution in [-0.2, 0) is 29.0 Å². The zero-order chi connectivity index (χ0) is 26.4. The van der Waals surface area contributed by atoms with Gasteiger partial charge in [0.25, 0.3) is 0 Å². The van der Waals surface area contributed by atoms with Gasteiger partial charge in [0.1, 0.15) is 11.9 Å². The largest absolute Gasteiger partial charge is 0.352 e. The molecule has 4 rings (SSSR count). The Hall–Kier alpha value is -2.60. The summed E-state index contributed by atoms with van der Waals surface area (Å²) in [6, 6.07) is 18.2. The van der Waals surface area contributed by atoms with Gasteiger partial charge in [-0.25, -0.2) is 4.39 Å². The first-order chi connectivity index (χ1) is 17.8. The molecule has 3 aromatic rings. The van der Waals surface area contributed by atoms with Gasteiger partial charge < -0.3 is 10.2 Å². The Labute approximate surface area is 231 Å². The van der Waals surface area contributed by atoms with Gasteiger partial charge in [-0.15, -0.1) is 0 Å². The van der Waals surface area contributed by atoms with Crippen LogP contribution in [0.4, 0.5) is 4.39 Å². The van der Waals surface area contributed by atoms with Crippen LogP contribution in [0.25, 0.3) is 0 Å². The van der Waals surface area contributed by atoms with Gasteiger partial charge in [-0.1, -0.05) is 90.1 Å². The third-order valence-electron chi connectivity index (χ3n) is 6.70. The van der Waals surface area contributed by atoms with E-state index in [9.17, 15) is 14.0 Å². The Kier molecular flexibility index (Phi) is 9.47. The number of rotatable bonds is 9. The van der Waals surface area contributed by atoms with Crippen LogP contribution < -0.4 is 5.32 Å². The lowest BCUT2D eigenvalue weighted by molar-refractivity contribution is -0.141. The molecule has 1 atom stereocenters. The van der Waals surface area contributed by atoms with E-state index in [1.165, 1.54) is 17.0 Å². The van der Waals surface area contributed by atoms with E-state index in [1.807, 2.05) is 30.3 Å². The number of carbonyl (C=O) groups is 2. The molecular weight excluding hydrogens is 534 g/mol. The number of benzene rings is 3. The molecule has 194 valence electrons. The summed E-state index contributed by atoms with van der Waals surface area (Å²) in [6.45, 7) is 0.0946. The van der Waals surface area contributed by atoms with Crippen LogP contribution in [0.15, 0.2) is 66.7 Å². The van der Waals surface area contributed by atoms with Gasteiger partial charge >= 0.3 is 0 Å². The van der Waals surface area contributed by atoms with Gasteiger partial charge in [-0.05, 0) is 48.2 Å². The van der Waals surface area contributed by atoms with Crippen molar-refractivity contribution in [3.63, 3.8) is 0 Å². The molecular formula is C29H28Cl3FN2O2. The molecule has 0 aliphatic heterocycles. The smallest absolute Gasteiger partial charge is 0.243 e. The molecule has 4 nitrogen and oxygen atoms in total. The van der Waals surface area contributed by atoms with Crippen LogP contribution in [-0.4, -0.2) is 28.8 Å². The van der Waals surface area contributed by atoms with Crippen molar-refractivity contribution in [2.75, 3.05) is 0 Å². The van der Waals surface area contributed by atoms with E-state index in [1.54, 1.807) is 24.3 Å². The number of amides is 2. The highest BCUT2D eigenvalue weighted by molar-refractivity contribution is 6.42. The number of carbonyl (C=O) groups excluding carboxylic acids is 2. The lowest BCUT2D eigenvalue weighted by Gasteiger charge is -2.32. The van der Waals surface area contributed by atoms with E-state index in [2.05, 4.69) is 5.32 Å². The number of hydrogen-bond acceptors (Lipinski definition) is 2. The van der Waals surface area contributed by atoms with Crippen LogP contribution in [0.2, 0.25) is 15.1 Å². The predicted octanol–water partition coefficient (Wildman–Crippen LogP) is 7.03. The molecule has 1 aliphatic rings. The summed E-state index contributed by atoms with van der Waals surface area (Å²) in [7, 11) is 0. The van der Waals surface area contributed by atoms with Crippen molar-refractivity contribution in [3.8, 4) is 0 Å². The lowest BCUT2D eigenvalue weighted by Crippen LogP contribution is -2.52. The van der Waals surface area contributed by atoms with E-state index in [0.717, 1.165) is 31.2 Å². The number of nitrogens with one attached hydrogen (secondary N) is 1. The third-order valence-corrected chi connectivity index (χ3v) is 7.79. The maximum atomic E-state index is 14.6. The molecule has 3 aromatic carbocycles. The maximum absolute atomic E-state index is 14.6. The molecule has 0 saturated heterocycles. The first-order valence-electron chi connectivity index (χ1n) is 12.3. The van der Waals surface area contributed by atoms with Crippen LogP contribution in [0.3, 0.4) is 0 Å². The second-order valence-electron chi connectivity index (χ2n) is 9.34. The van der Waals surface area contributed by atoms with Gasteiger partial charge in [-0.2, -0.15) is 0 Å². The lowest BCUT2D eigenvalue weighted by atomic mass is 10.0. The Bertz CT molecular complexity index is 1230. The van der Waals surface area contributed by atoms with Gasteiger partial charge in [0.15, 0.2) is 0 Å². The average molecular weight is 562 g/mol. The topological polar surface area (TPSA) is 49.4 Å². The second-order valence-corrected chi connectivity index (χ2v) is 10.6. The summed E-state index contributed by atoms with van der Waals surface area (Å²) in [5.41, 5.74) is 1.71. The number of nitrogens with zero attached hydrogens (tertiary/aromatic N) is 1. The Balaban J connectivity index is 1.70. The van der Waals surface area contributed by atoms with Crippen LogP contribution >= 0.6 is 34.8 Å². The quantitative estimate of drug-likeness (QED) is 0.305. The van der Waals surface area contributed by atoms with Gasteiger partial charge in [0, 0.05) is 29.6 Å². The zero-order valence-electron chi connectivity index (χ0n) is 20.2. The fraction of sp³-hybridized carbons (Fsp3) is 0.310. The minimum atomic E-state index is -0.824. The molecule has 37 heavy (non-hydrogen) atoms. The Morgan fingerprint density at radius 3 is 2.30 bits per heavy atom. The van der Waals surface area contributed by atoms with E-state index >= 15 is 0 Å². The van der Waals surface area contributed by atoms with Crippen molar-refractivity contribution in [2.24, 2.45) is 0 Å². The molecule has 0 radical (unpaired) electrons. The highest BCUT2D eigenvalue weighted by Crippen LogP contribution is 2.26. The molecule has 0 heterocycles. The van der Waals surface area contributed by atoms with E-state index in [0.29, 0.717) is 22.0 Å². The molecule has 1 aliphatic carbocycles. The van der Waals surface area contributed by atoms with Gasteiger partial charge in [-0.3, -0.25) is 9.59 Å². The summed E-state index contributed by atoms with van der Waals surface area (Å²) in [6.07, 6.45) is 3.97. The minimum absolute atomic E-state index is 0.0775. The molecule has 1 saturated carbocycles. The first kappa shape index (κ1) is 27.4. The second kappa shape index (κ2) is 12.8. The average Bonchev–Trinajstić information content (AvgIpc) is 3.39. The summed E-state index contributed by atoms with van der Waals surface area (Å²) >= 11 is 18.6. The molecule has 1 N–H and O–H groups in total. The maximum Gasteiger partial charge on any atom is 0.243 e. The Morgan fingerprint density at radius 1 is 0.892 bits per heavy atom. The molecule has 0 spiro atoms. The summed E-state index contributed by atoms with van der Waals surface area (Å²) in [4.78, 5) is 29.0. The fourth-order valence-electron chi connectivity index (χ4n) is 4.71. The van der Waals surface area contributed by atoms with E-state index in [-0.39, 0.29) is 35.5 Å². The van der Waals surface area contributed by atoms with Crippen molar-refractivity contribution in [3.05, 3.63) is 104 Å². The molecule has 8 heteroatoms. The number of hydrogen-bond donors (Lipinski definition) is 1. The summed E-state index contributed by atoms with van der Waals surface area (Å²) in [5.74, 6) is -1.21. The van der Waals surface area contributed by atoms with Crippen molar-refractivity contribution >= 4 is 46.6 Å². The molecule has 1 fully saturated rings. The van der Waals surface area contributed by atoms with Crippen molar-refractivity contribution in [1.82, 2.24) is 10.2 Å². The van der Waals surface area contributed by atoms with Crippen molar-refractivity contribution < 1.29 is 14.0 Å². The zero-order valence-corrected chi connectivity index (χ0v) is 22.5. The summed E-state index contributed by atoms with van der Waals surface area (Å²) in [5, 5.41) is 4.05. The van der Waals surface area contributed by atoms with Crippen LogP contribution in [0.1, 0.15) is 42.4 Å². The molecule has 0 bridgehead atoms. The number of halogens is 4. The predicted molar refractivity (Wildman–Crippen MR) is 146 cm³/mol. The van der Waals surface area contributed by atoms with E-state index < -0.39 is 17.8 Å². The standard InChI is InChI=1S/C29H28Cl3FN2O2/c30-23-11-6-12-26(33)22(23)17-28(36)35(18-20-13-14-24(31)25(32)15-20)27(16-19-7-2-1-3-8-19)29(37)34-21-9-4-5-10-21/h1-3,6-8,11-15,21,27H,4-5,9-10,16-18H2,(H,34,37). The molecule has 2 amide bonds. The van der Waals surface area contributed by atoms with Crippen molar-refractivity contribution in [1.29, 1.82) is 0 Å². The fourth-order valence-corrected chi connectivity index (χ4v) is 5.26. The van der Waals surface area contributed by atoms with E-state index in [4.69, 9.17) is 34.8 Å². The highest BCUT2D eigenvalue weighted by atomic mass is 35.5. The monoisotopic (exact) mass is 560 g/mol. The van der Waals surface area contributed by atoms with Crippen LogP contribution in [0.5, 0.6) is 0 Å². The third kappa shape index (κ3) is 7.25. The van der Waals surface area contributed by atoms with Gasteiger partial charge in [0.2, 0.25) is 11.8 Å². The normalized spacial score (nSPS) is 14.4. The van der Waals surface area contributed by atoms with Crippen LogP contribution in [0, 0.1) is 5.82 Å². The Morgan fingerprint density at radius 2 is 1.62 bits per heavy atom.